The summed E-state index contributed by atoms with van der Waals surface area (Å²) in [5.41, 5.74) is -0.844. The van der Waals surface area contributed by atoms with Gasteiger partial charge in [-0.05, 0) is 24.5 Å². The van der Waals surface area contributed by atoms with Crippen molar-refractivity contribution >= 4 is 5.82 Å². The van der Waals surface area contributed by atoms with E-state index in [2.05, 4.69) is 10.3 Å². The van der Waals surface area contributed by atoms with Crippen molar-refractivity contribution < 1.29 is 13.2 Å². The fourth-order valence-corrected chi connectivity index (χ4v) is 1.50. The summed E-state index contributed by atoms with van der Waals surface area (Å²) >= 11 is 0. The minimum Gasteiger partial charge on any atom is -0.370 e. The van der Waals surface area contributed by atoms with Crippen molar-refractivity contribution in [2.45, 2.75) is 25.4 Å². The molecule has 1 saturated carbocycles. The van der Waals surface area contributed by atoms with Gasteiger partial charge < -0.3 is 5.32 Å². The predicted octanol–water partition coefficient (Wildman–Crippen LogP) is 3.31. The maximum Gasteiger partial charge on any atom is 0.433 e. The lowest BCUT2D eigenvalue weighted by molar-refractivity contribution is -0.141. The van der Waals surface area contributed by atoms with E-state index in [-0.39, 0.29) is 0 Å². The lowest BCUT2D eigenvalue weighted by Crippen LogP contribution is -2.10. The highest BCUT2D eigenvalue weighted by atomic mass is 19.4. The zero-order valence-corrected chi connectivity index (χ0v) is 8.72. The van der Waals surface area contributed by atoms with E-state index >= 15 is 0 Å². The minimum atomic E-state index is -4.37. The Kier molecular flexibility index (Phi) is 3.03. The molecule has 1 aromatic rings. The van der Waals surface area contributed by atoms with E-state index in [1.807, 2.05) is 0 Å². The first-order valence-corrected chi connectivity index (χ1v) is 5.34. The van der Waals surface area contributed by atoms with Crippen molar-refractivity contribution in [1.82, 2.24) is 4.98 Å². The van der Waals surface area contributed by atoms with E-state index in [4.69, 9.17) is 0 Å². The molecule has 1 fully saturated rings. The number of hydrogen-bond donors (Lipinski definition) is 1. The maximum atomic E-state index is 12.3. The Morgan fingerprint density at radius 1 is 1.31 bits per heavy atom. The Labute approximate surface area is 91.9 Å². The molecular weight excluding hydrogens is 217 g/mol. The van der Waals surface area contributed by atoms with Gasteiger partial charge in [-0.3, -0.25) is 0 Å². The Hall–Kier alpha value is -1.26. The van der Waals surface area contributed by atoms with Crippen molar-refractivity contribution in [1.29, 1.82) is 0 Å². The molecule has 0 aliphatic heterocycles. The number of alkyl halides is 3. The van der Waals surface area contributed by atoms with Crippen LogP contribution in [0.4, 0.5) is 19.0 Å². The third-order valence-electron chi connectivity index (χ3n) is 2.60. The van der Waals surface area contributed by atoms with E-state index in [9.17, 15) is 13.2 Å². The van der Waals surface area contributed by atoms with Crippen LogP contribution in [0, 0.1) is 5.92 Å². The average Bonchev–Trinajstić information content (AvgIpc) is 3.01. The van der Waals surface area contributed by atoms with Crippen LogP contribution in [-0.2, 0) is 6.18 Å². The van der Waals surface area contributed by atoms with Crippen molar-refractivity contribution in [2.24, 2.45) is 5.92 Å². The lowest BCUT2D eigenvalue weighted by atomic mass is 10.3. The van der Waals surface area contributed by atoms with Gasteiger partial charge >= 0.3 is 6.18 Å². The van der Waals surface area contributed by atoms with Gasteiger partial charge in [-0.25, -0.2) is 4.98 Å². The molecule has 88 valence electrons. The average molecular weight is 230 g/mol. The van der Waals surface area contributed by atoms with Crippen LogP contribution in [0.3, 0.4) is 0 Å². The van der Waals surface area contributed by atoms with E-state index in [0.29, 0.717) is 12.4 Å². The summed E-state index contributed by atoms with van der Waals surface area (Å²) in [6.07, 6.45) is -0.860. The molecule has 0 saturated heterocycles. The number of pyridine rings is 1. The summed E-state index contributed by atoms with van der Waals surface area (Å²) in [4.78, 5) is 3.53. The van der Waals surface area contributed by atoms with Gasteiger partial charge in [0, 0.05) is 6.54 Å². The first-order chi connectivity index (χ1) is 7.55. The Bertz CT molecular complexity index is 358. The summed E-state index contributed by atoms with van der Waals surface area (Å²) in [6.45, 7) is 0.693. The molecule has 2 nitrogen and oxygen atoms in total. The first kappa shape index (κ1) is 11.2. The largest absolute Gasteiger partial charge is 0.433 e. The predicted molar refractivity (Wildman–Crippen MR) is 55.1 cm³/mol. The molecule has 0 unspecified atom stereocenters. The summed E-state index contributed by atoms with van der Waals surface area (Å²) in [7, 11) is 0. The van der Waals surface area contributed by atoms with Gasteiger partial charge in [0.1, 0.15) is 11.5 Å². The number of nitrogens with one attached hydrogen (secondary N) is 1. The molecule has 0 bridgehead atoms. The number of rotatable bonds is 4. The Balaban J connectivity index is 1.92. The molecule has 0 amide bonds. The molecule has 5 heteroatoms. The third-order valence-corrected chi connectivity index (χ3v) is 2.60. The van der Waals surface area contributed by atoms with Crippen LogP contribution < -0.4 is 5.32 Å². The van der Waals surface area contributed by atoms with Crippen LogP contribution in [0.5, 0.6) is 0 Å². The zero-order chi connectivity index (χ0) is 11.6. The summed E-state index contributed by atoms with van der Waals surface area (Å²) < 4.78 is 37.0. The van der Waals surface area contributed by atoms with Gasteiger partial charge in [0.25, 0.3) is 0 Å². The van der Waals surface area contributed by atoms with Crippen molar-refractivity contribution in [3.63, 3.8) is 0 Å². The molecule has 0 aromatic carbocycles. The normalized spacial score (nSPS) is 16.2. The van der Waals surface area contributed by atoms with E-state index < -0.39 is 11.9 Å². The smallest absolute Gasteiger partial charge is 0.370 e. The molecule has 0 atom stereocenters. The molecule has 2 rings (SSSR count). The maximum absolute atomic E-state index is 12.3. The molecule has 1 heterocycles. The number of hydrogen-bond acceptors (Lipinski definition) is 2. The Morgan fingerprint density at radius 3 is 2.69 bits per heavy atom. The molecule has 0 radical (unpaired) electrons. The van der Waals surface area contributed by atoms with Gasteiger partial charge in [0.15, 0.2) is 0 Å². The van der Waals surface area contributed by atoms with Gasteiger partial charge in [0.05, 0.1) is 0 Å². The van der Waals surface area contributed by atoms with Gasteiger partial charge in [-0.2, -0.15) is 13.2 Å². The van der Waals surface area contributed by atoms with Crippen LogP contribution >= 0.6 is 0 Å². The zero-order valence-electron chi connectivity index (χ0n) is 8.72. The SMILES string of the molecule is FC(F)(F)c1cccc(NCCC2CC2)n1. The summed E-state index contributed by atoms with van der Waals surface area (Å²) in [6, 6.07) is 3.91. The number of aromatic nitrogens is 1. The molecule has 1 aromatic heterocycles. The van der Waals surface area contributed by atoms with Gasteiger partial charge in [-0.1, -0.05) is 18.9 Å². The molecule has 16 heavy (non-hydrogen) atoms. The second-order valence-corrected chi connectivity index (χ2v) is 4.06. The van der Waals surface area contributed by atoms with E-state index in [0.717, 1.165) is 18.4 Å². The minimum absolute atomic E-state index is 0.301. The van der Waals surface area contributed by atoms with Crippen LogP contribution in [0.25, 0.3) is 0 Å². The van der Waals surface area contributed by atoms with Gasteiger partial charge in [-0.15, -0.1) is 0 Å². The molecular formula is C11H13F3N2. The topological polar surface area (TPSA) is 24.9 Å². The second-order valence-electron chi connectivity index (χ2n) is 4.06. The van der Waals surface area contributed by atoms with Crippen molar-refractivity contribution in [2.75, 3.05) is 11.9 Å². The molecule has 1 aliphatic carbocycles. The fourth-order valence-electron chi connectivity index (χ4n) is 1.50. The van der Waals surface area contributed by atoms with Crippen molar-refractivity contribution in [3.8, 4) is 0 Å². The van der Waals surface area contributed by atoms with Crippen molar-refractivity contribution in [3.05, 3.63) is 23.9 Å². The molecule has 0 spiro atoms. The lowest BCUT2D eigenvalue weighted by Gasteiger charge is -2.09. The number of halogens is 3. The van der Waals surface area contributed by atoms with E-state index in [1.165, 1.54) is 18.9 Å². The standard InChI is InChI=1S/C11H13F3N2/c12-11(13,14)9-2-1-3-10(16-9)15-7-6-8-4-5-8/h1-3,8H,4-7H2,(H,15,16). The highest BCUT2D eigenvalue weighted by molar-refractivity contribution is 5.35. The highest BCUT2D eigenvalue weighted by Gasteiger charge is 2.32. The summed E-state index contributed by atoms with van der Waals surface area (Å²) in [5.74, 6) is 1.06. The first-order valence-electron chi connectivity index (χ1n) is 5.34. The Morgan fingerprint density at radius 2 is 2.06 bits per heavy atom. The van der Waals surface area contributed by atoms with Crippen LogP contribution in [0.1, 0.15) is 25.0 Å². The second kappa shape index (κ2) is 4.31. The van der Waals surface area contributed by atoms with Crippen LogP contribution in [0.2, 0.25) is 0 Å². The highest BCUT2D eigenvalue weighted by Crippen LogP contribution is 2.32. The van der Waals surface area contributed by atoms with E-state index in [1.54, 1.807) is 6.07 Å². The fraction of sp³-hybridized carbons (Fsp3) is 0.545. The molecule has 1 N–H and O–H groups in total. The summed E-state index contributed by atoms with van der Waals surface area (Å²) in [5, 5.41) is 2.92. The molecule has 1 aliphatic rings. The number of nitrogens with zero attached hydrogens (tertiary/aromatic N) is 1. The van der Waals surface area contributed by atoms with Crippen LogP contribution in [-0.4, -0.2) is 11.5 Å². The monoisotopic (exact) mass is 230 g/mol. The van der Waals surface area contributed by atoms with Crippen LogP contribution in [0.15, 0.2) is 18.2 Å². The quantitative estimate of drug-likeness (QED) is 0.858. The number of anilines is 1. The van der Waals surface area contributed by atoms with Gasteiger partial charge in [0.2, 0.25) is 0 Å². The third kappa shape index (κ3) is 3.12.